The molecule has 2 aliphatic rings. The van der Waals surface area contributed by atoms with Gasteiger partial charge in [0.25, 0.3) is 0 Å². The average molecular weight is 568 g/mol. The number of halogens is 3. The van der Waals surface area contributed by atoms with Crippen molar-refractivity contribution in [2.45, 2.75) is 51.4 Å². The van der Waals surface area contributed by atoms with E-state index in [2.05, 4.69) is 22.4 Å². The fourth-order valence-corrected chi connectivity index (χ4v) is 5.67. The van der Waals surface area contributed by atoms with E-state index >= 15 is 0 Å². The number of hydrogen-bond donors (Lipinski definition) is 2. The average Bonchev–Trinajstić information content (AvgIpc) is 3.53. The number of aliphatic hydroxyl groups is 1. The molecule has 0 spiro atoms. The second-order valence-corrected chi connectivity index (χ2v) is 10.9. The summed E-state index contributed by atoms with van der Waals surface area (Å²) in [7, 11) is 0. The Morgan fingerprint density at radius 1 is 1.15 bits per heavy atom. The predicted molar refractivity (Wildman–Crippen MR) is 142 cm³/mol. The molecule has 1 aromatic carbocycles. The van der Waals surface area contributed by atoms with Gasteiger partial charge in [-0.1, -0.05) is 37.4 Å². The number of aliphatic hydroxyl groups excluding tert-OH is 1. The highest BCUT2D eigenvalue weighted by molar-refractivity contribution is 6.30. The summed E-state index contributed by atoms with van der Waals surface area (Å²) >= 11 is 6.29. The molecule has 1 saturated carbocycles. The molecule has 1 aliphatic heterocycles. The molecule has 1 aliphatic carbocycles. The third-order valence-corrected chi connectivity index (χ3v) is 7.81. The number of hydrogen-bond acceptors (Lipinski definition) is 8. The van der Waals surface area contributed by atoms with Gasteiger partial charge in [-0.2, -0.15) is 0 Å². The van der Waals surface area contributed by atoms with Gasteiger partial charge in [0.15, 0.2) is 12.2 Å². The Balaban J connectivity index is 1.57. The lowest BCUT2D eigenvalue weighted by atomic mass is 9.83. The molecule has 12 heteroatoms. The molecule has 0 bridgehead atoms. The third-order valence-electron chi connectivity index (χ3n) is 7.60. The number of imidazole rings is 1. The van der Waals surface area contributed by atoms with E-state index in [4.69, 9.17) is 26.4 Å². The van der Waals surface area contributed by atoms with Gasteiger partial charge in [0, 0.05) is 36.1 Å². The normalized spacial score (nSPS) is 21.8. The van der Waals surface area contributed by atoms with Crippen LogP contribution in [0.3, 0.4) is 0 Å². The number of fused-ring (bicyclic) bond motifs is 1. The van der Waals surface area contributed by atoms with Crippen LogP contribution in [0.25, 0.3) is 22.3 Å². The van der Waals surface area contributed by atoms with Crippen LogP contribution >= 0.6 is 11.6 Å². The van der Waals surface area contributed by atoms with Crippen molar-refractivity contribution in [3.63, 3.8) is 0 Å². The van der Waals surface area contributed by atoms with Gasteiger partial charge in [-0.15, -0.1) is 0 Å². The van der Waals surface area contributed by atoms with Crippen LogP contribution in [0, 0.1) is 23.5 Å². The number of nitrogens with one attached hydrogen (secondary N) is 1. The second kappa shape index (κ2) is 10.7. The van der Waals surface area contributed by atoms with E-state index in [9.17, 15) is 19.0 Å². The quantitative estimate of drug-likeness (QED) is 0.350. The first kappa shape index (κ1) is 26.5. The first-order chi connectivity index (χ1) is 19.3. The van der Waals surface area contributed by atoms with Crippen molar-refractivity contribution in [2.75, 3.05) is 0 Å². The number of pyridine rings is 2. The summed E-state index contributed by atoms with van der Waals surface area (Å²) in [6.07, 6.45) is 4.11. The molecule has 40 heavy (non-hydrogen) atoms. The van der Waals surface area contributed by atoms with E-state index in [1.54, 1.807) is 18.3 Å². The molecular formula is C28H26ClF2N6O3-. The smallest absolute Gasteiger partial charge is 0.161 e. The number of nitrogens with zero attached hydrogens (tertiary/aromatic N) is 5. The Bertz CT molecular complexity index is 1600. The van der Waals surface area contributed by atoms with Gasteiger partial charge in [-0.05, 0) is 42.9 Å². The van der Waals surface area contributed by atoms with E-state index < -0.39 is 30.0 Å². The molecule has 2 N–H and O–H groups in total. The van der Waals surface area contributed by atoms with Crippen LogP contribution in [0.2, 0.25) is 5.02 Å². The monoisotopic (exact) mass is 567 g/mol. The molecule has 208 valence electrons. The van der Waals surface area contributed by atoms with E-state index in [-0.39, 0.29) is 11.4 Å². The van der Waals surface area contributed by atoms with Crippen LogP contribution in [-0.4, -0.2) is 30.7 Å². The minimum absolute atomic E-state index is 0.0965. The molecule has 0 saturated heterocycles. The minimum atomic E-state index is -1.48. The maximum Gasteiger partial charge on any atom is 0.161 e. The fourth-order valence-electron chi connectivity index (χ4n) is 5.49. The van der Waals surface area contributed by atoms with Crippen molar-refractivity contribution in [3.8, 4) is 11.3 Å². The molecule has 0 amide bonds. The molecule has 0 radical (unpaired) electrons. The molecular weight excluding hydrogens is 542 g/mol. The van der Waals surface area contributed by atoms with Gasteiger partial charge in [-0.25, -0.2) is 29.2 Å². The van der Waals surface area contributed by atoms with Crippen molar-refractivity contribution in [2.24, 2.45) is 16.8 Å². The van der Waals surface area contributed by atoms with Crippen molar-refractivity contribution in [1.29, 1.82) is 0 Å². The SMILES string of the molecule is CC1CCC(Cn2c(C(O)c3ccc(F)cc3F)nc3cc(C4N=C([O-])ON4)nc(-c4cncc(Cl)c4)c32)CC1. The van der Waals surface area contributed by atoms with Crippen LogP contribution in [0.5, 0.6) is 0 Å². The van der Waals surface area contributed by atoms with Gasteiger partial charge in [0.1, 0.15) is 23.6 Å². The summed E-state index contributed by atoms with van der Waals surface area (Å²) < 4.78 is 30.4. The first-order valence-electron chi connectivity index (χ1n) is 13.1. The maximum atomic E-state index is 14.8. The zero-order valence-corrected chi connectivity index (χ0v) is 22.3. The summed E-state index contributed by atoms with van der Waals surface area (Å²) in [4.78, 5) is 22.5. The lowest BCUT2D eigenvalue weighted by molar-refractivity contribution is -0.251. The summed E-state index contributed by atoms with van der Waals surface area (Å²) in [5.41, 5.74) is 4.86. The standard InChI is InChI=1S/C28H27ClF2N6O3/c1-14-2-4-15(5-3-14)13-37-24-21(34-27(37)25(38)19-7-6-18(30)9-20(19)31)10-22(26-35-28(39)40-36-26)33-23(24)16-8-17(29)12-32-11-16/h6-12,14-15,25-26,36,38H,2-5,13H2,1H3,(H,35,39)/p-1. The third kappa shape index (κ3) is 5.12. The zero-order valence-electron chi connectivity index (χ0n) is 21.5. The van der Waals surface area contributed by atoms with Gasteiger partial charge < -0.3 is 19.6 Å². The van der Waals surface area contributed by atoms with Crippen molar-refractivity contribution >= 4 is 28.7 Å². The zero-order chi connectivity index (χ0) is 28.0. The predicted octanol–water partition coefficient (Wildman–Crippen LogP) is 4.58. The van der Waals surface area contributed by atoms with Crippen LogP contribution in [0.1, 0.15) is 62.0 Å². The van der Waals surface area contributed by atoms with Gasteiger partial charge in [-0.3, -0.25) is 4.98 Å². The highest BCUT2D eigenvalue weighted by Gasteiger charge is 2.29. The Morgan fingerprint density at radius 3 is 2.65 bits per heavy atom. The van der Waals surface area contributed by atoms with Gasteiger partial charge >= 0.3 is 0 Å². The van der Waals surface area contributed by atoms with E-state index in [1.807, 2.05) is 4.57 Å². The lowest BCUT2D eigenvalue weighted by Gasteiger charge is -2.28. The number of benzene rings is 1. The highest BCUT2D eigenvalue weighted by atomic mass is 35.5. The minimum Gasteiger partial charge on any atom is -0.528 e. The largest absolute Gasteiger partial charge is 0.528 e. The lowest BCUT2D eigenvalue weighted by Crippen LogP contribution is -2.22. The summed E-state index contributed by atoms with van der Waals surface area (Å²) in [5.74, 6) is -0.495. The van der Waals surface area contributed by atoms with Crippen LogP contribution in [0.4, 0.5) is 8.78 Å². The molecule has 3 aromatic heterocycles. The second-order valence-electron chi connectivity index (χ2n) is 10.4. The van der Waals surface area contributed by atoms with E-state index in [1.165, 1.54) is 12.3 Å². The fraction of sp³-hybridized carbons (Fsp3) is 0.357. The molecule has 4 aromatic rings. The Hall–Kier alpha value is -3.67. The first-order valence-corrected chi connectivity index (χ1v) is 13.5. The van der Waals surface area contributed by atoms with Crippen LogP contribution in [-0.2, 0) is 11.4 Å². The Labute approximate surface area is 233 Å². The molecule has 2 unspecified atom stereocenters. The molecule has 4 heterocycles. The van der Waals surface area contributed by atoms with Crippen molar-refractivity contribution in [3.05, 3.63) is 76.5 Å². The van der Waals surface area contributed by atoms with Crippen LogP contribution < -0.4 is 10.6 Å². The number of aromatic nitrogens is 4. The molecule has 2 atom stereocenters. The number of rotatable bonds is 6. The van der Waals surface area contributed by atoms with Crippen molar-refractivity contribution in [1.82, 2.24) is 25.0 Å². The van der Waals surface area contributed by atoms with E-state index in [0.717, 1.165) is 37.8 Å². The maximum absolute atomic E-state index is 14.8. The molecule has 9 nitrogen and oxygen atoms in total. The molecule has 1 fully saturated rings. The Kier molecular flexibility index (Phi) is 7.11. The Morgan fingerprint density at radius 2 is 1.95 bits per heavy atom. The van der Waals surface area contributed by atoms with Crippen LogP contribution in [0.15, 0.2) is 47.7 Å². The summed E-state index contributed by atoms with van der Waals surface area (Å²) in [6.45, 7) is 2.75. The summed E-state index contributed by atoms with van der Waals surface area (Å²) in [5, 5.41) is 23.5. The van der Waals surface area contributed by atoms with Gasteiger partial charge in [0.05, 0.1) is 27.4 Å². The van der Waals surface area contributed by atoms with Gasteiger partial charge in [0.2, 0.25) is 0 Å². The van der Waals surface area contributed by atoms with E-state index in [0.29, 0.717) is 51.4 Å². The number of hydroxylamine groups is 1. The summed E-state index contributed by atoms with van der Waals surface area (Å²) in [6, 6.07) is 6.41. The number of aliphatic imine (C=N–C) groups is 1. The highest BCUT2D eigenvalue weighted by Crippen LogP contribution is 2.37. The topological polar surface area (TPSA) is 121 Å². The van der Waals surface area contributed by atoms with Crippen molar-refractivity contribution < 1.29 is 23.8 Å². The molecule has 6 rings (SSSR count).